The molecule has 1 fully saturated rings. The largest absolute Gasteiger partial charge is 0.460 e. The van der Waals surface area contributed by atoms with E-state index in [1.807, 2.05) is 13.8 Å². The molecule has 3 rings (SSSR count). The molecule has 0 radical (unpaired) electrons. The summed E-state index contributed by atoms with van der Waals surface area (Å²) in [6.07, 6.45) is 1.60. The second-order valence-electron chi connectivity index (χ2n) is 7.89. The van der Waals surface area contributed by atoms with Crippen LogP contribution in [0.2, 0.25) is 0 Å². The van der Waals surface area contributed by atoms with Crippen LogP contribution in [0.1, 0.15) is 68.3 Å². The minimum absolute atomic E-state index is 0.141. The number of carbonyl (C=O) groups is 2. The van der Waals surface area contributed by atoms with E-state index in [9.17, 15) is 14.7 Å². The molecule has 0 bridgehead atoms. The number of aliphatic hydroxyl groups excluding tert-OH is 1. The van der Waals surface area contributed by atoms with E-state index in [4.69, 9.17) is 9.15 Å². The Morgan fingerprint density at radius 2 is 2.08 bits per heavy atom. The fraction of sp³-hybridized carbons (Fsp3) is 0.684. The molecule has 5 atom stereocenters. The van der Waals surface area contributed by atoms with Crippen LogP contribution in [0.15, 0.2) is 10.7 Å². The zero-order chi connectivity index (χ0) is 17.8. The lowest BCUT2D eigenvalue weighted by Crippen LogP contribution is -2.55. The van der Waals surface area contributed by atoms with E-state index in [1.165, 1.54) is 6.26 Å². The Hall–Kier alpha value is -1.62. The number of ether oxygens (including phenoxy) is 1. The minimum Gasteiger partial charge on any atom is -0.460 e. The third-order valence-electron chi connectivity index (χ3n) is 6.07. The predicted molar refractivity (Wildman–Crippen MR) is 87.4 cm³/mol. The van der Waals surface area contributed by atoms with Crippen molar-refractivity contribution in [3.05, 3.63) is 23.2 Å². The summed E-state index contributed by atoms with van der Waals surface area (Å²) in [4.78, 5) is 25.3. The Kier molecular flexibility index (Phi) is 4.11. The zero-order valence-corrected chi connectivity index (χ0v) is 15.0. The lowest BCUT2D eigenvalue weighted by molar-refractivity contribution is -0.176. The first-order chi connectivity index (χ1) is 11.2. The first-order valence-corrected chi connectivity index (χ1v) is 8.70. The molecule has 1 saturated carbocycles. The van der Waals surface area contributed by atoms with Crippen molar-refractivity contribution in [1.82, 2.24) is 0 Å². The lowest BCUT2D eigenvalue weighted by atomic mass is 9.53. The highest BCUT2D eigenvalue weighted by Gasteiger charge is 2.61. The number of carbonyl (C=O) groups excluding carboxylic acids is 2. The van der Waals surface area contributed by atoms with Crippen LogP contribution in [0.5, 0.6) is 0 Å². The van der Waals surface area contributed by atoms with Gasteiger partial charge in [0.1, 0.15) is 6.10 Å². The topological polar surface area (TPSA) is 76.7 Å². The number of aryl methyl sites for hydroxylation is 1. The molecule has 1 N–H and O–H groups in total. The van der Waals surface area contributed by atoms with Gasteiger partial charge < -0.3 is 14.3 Å². The SMILES string of the molecule is Cc1coc2c1[C@H](OC(=O)C(C)C)[C@]1(C)[C@H](C)CC[C@H](O)[C@@H]1C2=O. The molecule has 1 heterocycles. The maximum Gasteiger partial charge on any atom is 0.309 e. The summed E-state index contributed by atoms with van der Waals surface area (Å²) in [5, 5.41) is 10.5. The maximum atomic E-state index is 13.0. The molecule has 0 saturated heterocycles. The third kappa shape index (κ3) is 2.25. The molecular formula is C19H26O5. The summed E-state index contributed by atoms with van der Waals surface area (Å²) < 4.78 is 11.4. The number of rotatable bonds is 2. The van der Waals surface area contributed by atoms with Crippen molar-refractivity contribution in [3.63, 3.8) is 0 Å². The number of fused-ring (bicyclic) bond motifs is 2. The molecule has 0 aromatic carbocycles. The molecule has 24 heavy (non-hydrogen) atoms. The van der Waals surface area contributed by atoms with Gasteiger partial charge in [-0.25, -0.2) is 0 Å². The van der Waals surface area contributed by atoms with Crippen molar-refractivity contribution in [2.24, 2.45) is 23.2 Å². The maximum absolute atomic E-state index is 13.0. The van der Waals surface area contributed by atoms with E-state index >= 15 is 0 Å². The predicted octanol–water partition coefficient (Wildman–Crippen LogP) is 3.44. The number of hydrogen-bond donors (Lipinski definition) is 1. The first-order valence-electron chi connectivity index (χ1n) is 8.70. The van der Waals surface area contributed by atoms with Crippen LogP contribution < -0.4 is 0 Å². The van der Waals surface area contributed by atoms with E-state index in [2.05, 4.69) is 6.92 Å². The molecule has 0 aliphatic heterocycles. The summed E-state index contributed by atoms with van der Waals surface area (Å²) >= 11 is 0. The van der Waals surface area contributed by atoms with Crippen LogP contribution in [-0.2, 0) is 9.53 Å². The highest BCUT2D eigenvalue weighted by Crippen LogP contribution is 2.59. The van der Waals surface area contributed by atoms with Gasteiger partial charge in [-0.3, -0.25) is 9.59 Å². The Morgan fingerprint density at radius 1 is 1.42 bits per heavy atom. The fourth-order valence-electron chi connectivity index (χ4n) is 4.36. The second kappa shape index (κ2) is 5.73. The Balaban J connectivity index is 2.18. The fourth-order valence-corrected chi connectivity index (χ4v) is 4.36. The lowest BCUT2D eigenvalue weighted by Gasteiger charge is -2.53. The first kappa shape index (κ1) is 17.2. The van der Waals surface area contributed by atoms with E-state index in [1.54, 1.807) is 13.8 Å². The number of ketones is 1. The van der Waals surface area contributed by atoms with Crippen LogP contribution in [0.25, 0.3) is 0 Å². The highest BCUT2D eigenvalue weighted by atomic mass is 16.5. The van der Waals surface area contributed by atoms with Gasteiger partial charge in [0.05, 0.1) is 24.2 Å². The van der Waals surface area contributed by atoms with Crippen molar-refractivity contribution in [1.29, 1.82) is 0 Å². The summed E-state index contributed by atoms with van der Waals surface area (Å²) in [6.45, 7) is 9.48. The average molecular weight is 334 g/mol. The Bertz CT molecular complexity index is 673. The summed E-state index contributed by atoms with van der Waals surface area (Å²) in [5.74, 6) is -0.954. The summed E-state index contributed by atoms with van der Waals surface area (Å²) in [5.41, 5.74) is 0.849. The van der Waals surface area contributed by atoms with Gasteiger partial charge in [-0.1, -0.05) is 27.7 Å². The van der Waals surface area contributed by atoms with Crippen LogP contribution in [0.4, 0.5) is 0 Å². The van der Waals surface area contributed by atoms with Crippen LogP contribution >= 0.6 is 0 Å². The van der Waals surface area contributed by atoms with Crippen molar-refractivity contribution >= 4 is 11.8 Å². The molecule has 2 aliphatic rings. The molecule has 1 aromatic rings. The normalized spacial score (nSPS) is 35.5. The second-order valence-corrected chi connectivity index (χ2v) is 7.89. The quantitative estimate of drug-likeness (QED) is 0.838. The monoisotopic (exact) mass is 334 g/mol. The van der Waals surface area contributed by atoms with Gasteiger partial charge in [-0.15, -0.1) is 0 Å². The molecule has 0 spiro atoms. The van der Waals surface area contributed by atoms with E-state index in [0.29, 0.717) is 12.0 Å². The van der Waals surface area contributed by atoms with E-state index in [-0.39, 0.29) is 29.3 Å². The van der Waals surface area contributed by atoms with Crippen molar-refractivity contribution < 1.29 is 23.8 Å². The van der Waals surface area contributed by atoms with Gasteiger partial charge >= 0.3 is 5.97 Å². The third-order valence-corrected chi connectivity index (χ3v) is 6.07. The van der Waals surface area contributed by atoms with Crippen molar-refractivity contribution in [2.75, 3.05) is 0 Å². The van der Waals surface area contributed by atoms with Crippen LogP contribution in [0.3, 0.4) is 0 Å². The highest BCUT2D eigenvalue weighted by molar-refractivity contribution is 5.99. The van der Waals surface area contributed by atoms with Gasteiger partial charge in [0.2, 0.25) is 5.78 Å². The molecule has 132 valence electrons. The van der Waals surface area contributed by atoms with Gasteiger partial charge in [-0.2, -0.15) is 0 Å². The van der Waals surface area contributed by atoms with Gasteiger partial charge in [0.15, 0.2) is 5.76 Å². The van der Waals surface area contributed by atoms with Crippen molar-refractivity contribution in [3.8, 4) is 0 Å². The van der Waals surface area contributed by atoms with Gasteiger partial charge in [-0.05, 0) is 31.2 Å². The Morgan fingerprint density at radius 3 is 2.71 bits per heavy atom. The standard InChI is InChI=1S/C19H26O5/c1-9(2)18(22)24-17-13-10(3)8-23-16(13)15(21)14-12(20)7-6-11(4)19(14,17)5/h8-9,11-12,14,17,20H,6-7H2,1-5H3/t11-,12+,14-,17+,19-/m1/s1. The molecule has 0 unspecified atom stereocenters. The summed E-state index contributed by atoms with van der Waals surface area (Å²) in [7, 11) is 0. The molecule has 0 amide bonds. The number of esters is 1. The number of furan rings is 1. The Labute approximate surface area is 142 Å². The zero-order valence-electron chi connectivity index (χ0n) is 15.0. The summed E-state index contributed by atoms with van der Waals surface area (Å²) in [6, 6.07) is 0. The van der Waals surface area contributed by atoms with Gasteiger partial charge in [0.25, 0.3) is 0 Å². The molecular weight excluding hydrogens is 308 g/mol. The van der Waals surface area contributed by atoms with Crippen LogP contribution in [0, 0.1) is 30.1 Å². The smallest absolute Gasteiger partial charge is 0.309 e. The molecule has 2 aliphatic carbocycles. The average Bonchev–Trinajstić information content (AvgIpc) is 2.89. The number of Topliss-reactive ketones (excluding diaryl/α,β-unsaturated/α-hetero) is 1. The van der Waals surface area contributed by atoms with E-state index < -0.39 is 23.5 Å². The molecule has 1 aromatic heterocycles. The minimum atomic E-state index is -0.738. The molecule has 5 nitrogen and oxygen atoms in total. The van der Waals surface area contributed by atoms with Crippen molar-refractivity contribution in [2.45, 2.75) is 59.7 Å². The van der Waals surface area contributed by atoms with Gasteiger partial charge in [0, 0.05) is 11.0 Å². The number of hydrogen-bond acceptors (Lipinski definition) is 5. The molecule has 5 heteroatoms. The van der Waals surface area contributed by atoms with Crippen LogP contribution in [-0.4, -0.2) is 23.0 Å². The van der Waals surface area contributed by atoms with E-state index in [0.717, 1.165) is 12.0 Å². The number of aliphatic hydroxyl groups is 1.